The van der Waals surface area contributed by atoms with Crippen LogP contribution in [0.15, 0.2) is 48.5 Å². The van der Waals surface area contributed by atoms with E-state index in [4.69, 9.17) is 10.7 Å². The number of hydrogen-bond acceptors (Lipinski definition) is 4. The summed E-state index contributed by atoms with van der Waals surface area (Å²) in [4.78, 5) is 17.3. The summed E-state index contributed by atoms with van der Waals surface area (Å²) in [7, 11) is 0. The molecule has 3 aromatic rings. The maximum Gasteiger partial charge on any atom is 0.253 e. The lowest BCUT2D eigenvalue weighted by Crippen LogP contribution is -2.25. The topological polar surface area (TPSA) is 80.0 Å². The first-order chi connectivity index (χ1) is 13.3. The van der Waals surface area contributed by atoms with Gasteiger partial charge in [0, 0.05) is 30.4 Å². The minimum absolute atomic E-state index is 0. The van der Waals surface area contributed by atoms with Crippen molar-refractivity contribution in [2.45, 2.75) is 25.7 Å². The van der Waals surface area contributed by atoms with Crippen LogP contribution >= 0.6 is 37.2 Å². The van der Waals surface area contributed by atoms with E-state index in [2.05, 4.69) is 16.7 Å². The molecule has 0 saturated carbocycles. The van der Waals surface area contributed by atoms with E-state index < -0.39 is 0 Å². The average Bonchev–Trinajstić information content (AvgIpc) is 2.70. The average molecular weight is 474 g/mol. The van der Waals surface area contributed by atoms with Crippen molar-refractivity contribution >= 4 is 64.9 Å². The number of carbonyl (C=O) groups excluding carboxylic acids is 1. The number of nitrogens with one attached hydrogen (secondary N) is 2. The van der Waals surface area contributed by atoms with Gasteiger partial charge in [-0.1, -0.05) is 43.2 Å². The second-order valence-corrected chi connectivity index (χ2v) is 6.77. The van der Waals surface area contributed by atoms with Crippen molar-refractivity contribution in [3.8, 4) is 0 Å². The monoisotopic (exact) mass is 472 g/mol. The number of nitrogens with zero attached hydrogens (tertiary/aromatic N) is 1. The van der Waals surface area contributed by atoms with Crippen LogP contribution in [-0.4, -0.2) is 37.1 Å². The molecule has 1 heterocycles. The Morgan fingerprint density at radius 1 is 0.833 bits per heavy atom. The van der Waals surface area contributed by atoms with Gasteiger partial charge in [0.1, 0.15) is 0 Å². The standard InChI is InChI=1S/C22H28N4O.3ClH/c23-12-15-24-13-5-1-2-6-14-25-22(27)19-10-7-9-18-16-17-8-3-4-11-20(17)26-21(18)19;;;/h3-4,7-11,16,24H,1-2,5-6,12-15,23H2,(H,25,27);3*1H. The minimum Gasteiger partial charge on any atom is -0.352 e. The Bertz CT molecular complexity index is 908. The lowest BCUT2D eigenvalue weighted by molar-refractivity contribution is 0.0954. The molecule has 0 aliphatic rings. The number of unbranched alkanes of at least 4 members (excludes halogenated alkanes) is 3. The van der Waals surface area contributed by atoms with Crippen LogP contribution in [0.2, 0.25) is 0 Å². The van der Waals surface area contributed by atoms with E-state index in [0.717, 1.165) is 60.6 Å². The molecule has 0 atom stereocenters. The van der Waals surface area contributed by atoms with Gasteiger partial charge < -0.3 is 16.4 Å². The van der Waals surface area contributed by atoms with Gasteiger partial charge in [-0.3, -0.25) is 4.79 Å². The lowest BCUT2D eigenvalue weighted by atomic mass is 10.1. The summed E-state index contributed by atoms with van der Waals surface area (Å²) < 4.78 is 0. The molecule has 0 saturated heterocycles. The van der Waals surface area contributed by atoms with Crippen molar-refractivity contribution in [2.24, 2.45) is 5.73 Å². The molecular formula is C22H31Cl3N4O. The van der Waals surface area contributed by atoms with Gasteiger partial charge in [0.25, 0.3) is 5.91 Å². The molecule has 0 unspecified atom stereocenters. The fourth-order valence-corrected chi connectivity index (χ4v) is 3.24. The maximum atomic E-state index is 12.6. The molecule has 0 fully saturated rings. The second-order valence-electron chi connectivity index (χ2n) is 6.77. The number of para-hydroxylation sites is 2. The number of benzene rings is 2. The highest BCUT2D eigenvalue weighted by Crippen LogP contribution is 2.22. The summed E-state index contributed by atoms with van der Waals surface area (Å²) in [6.45, 7) is 3.27. The third-order valence-corrected chi connectivity index (χ3v) is 4.68. The first-order valence-corrected chi connectivity index (χ1v) is 9.77. The molecule has 4 N–H and O–H groups in total. The first-order valence-electron chi connectivity index (χ1n) is 9.77. The number of halogens is 3. The Morgan fingerprint density at radius 3 is 2.30 bits per heavy atom. The van der Waals surface area contributed by atoms with Crippen molar-refractivity contribution in [2.75, 3.05) is 26.2 Å². The number of nitrogens with two attached hydrogens (primary N) is 1. The smallest absolute Gasteiger partial charge is 0.253 e. The summed E-state index contributed by atoms with van der Waals surface area (Å²) in [6.07, 6.45) is 4.41. The fraction of sp³-hybridized carbons (Fsp3) is 0.364. The number of fused-ring (bicyclic) bond motifs is 2. The number of amides is 1. The predicted octanol–water partition coefficient (Wildman–Crippen LogP) is 4.49. The normalized spacial score (nSPS) is 10.0. The zero-order valence-electron chi connectivity index (χ0n) is 16.9. The molecule has 0 radical (unpaired) electrons. The van der Waals surface area contributed by atoms with Crippen molar-refractivity contribution in [1.29, 1.82) is 0 Å². The molecule has 0 aliphatic heterocycles. The van der Waals surface area contributed by atoms with Gasteiger partial charge in [-0.15, -0.1) is 37.2 Å². The van der Waals surface area contributed by atoms with Gasteiger partial charge in [-0.05, 0) is 37.6 Å². The van der Waals surface area contributed by atoms with Crippen LogP contribution in [0.5, 0.6) is 0 Å². The predicted molar refractivity (Wildman–Crippen MR) is 134 cm³/mol. The highest BCUT2D eigenvalue weighted by Gasteiger charge is 2.11. The maximum absolute atomic E-state index is 12.6. The van der Waals surface area contributed by atoms with Crippen LogP contribution in [0, 0.1) is 0 Å². The highest BCUT2D eigenvalue weighted by molar-refractivity contribution is 6.07. The Kier molecular flexibility index (Phi) is 14.4. The van der Waals surface area contributed by atoms with E-state index in [-0.39, 0.29) is 43.1 Å². The molecule has 2 aromatic carbocycles. The summed E-state index contributed by atoms with van der Waals surface area (Å²) in [5, 5.41) is 8.41. The van der Waals surface area contributed by atoms with Crippen LogP contribution in [0.3, 0.4) is 0 Å². The van der Waals surface area contributed by atoms with Gasteiger partial charge in [0.05, 0.1) is 16.6 Å². The van der Waals surface area contributed by atoms with Gasteiger partial charge in [-0.2, -0.15) is 0 Å². The first kappa shape index (κ1) is 28.4. The van der Waals surface area contributed by atoms with E-state index in [1.807, 2.05) is 42.5 Å². The quantitative estimate of drug-likeness (QED) is 0.299. The molecular weight excluding hydrogens is 443 g/mol. The molecule has 3 rings (SSSR count). The third kappa shape index (κ3) is 7.89. The van der Waals surface area contributed by atoms with E-state index in [9.17, 15) is 4.79 Å². The largest absolute Gasteiger partial charge is 0.352 e. The number of rotatable bonds is 10. The molecule has 0 bridgehead atoms. The third-order valence-electron chi connectivity index (χ3n) is 4.68. The van der Waals surface area contributed by atoms with E-state index in [0.29, 0.717) is 18.7 Å². The Balaban J connectivity index is 0.00000280. The number of hydrogen-bond donors (Lipinski definition) is 3. The number of pyridine rings is 1. The van der Waals surface area contributed by atoms with Gasteiger partial charge in [-0.25, -0.2) is 4.98 Å². The molecule has 0 spiro atoms. The summed E-state index contributed by atoms with van der Waals surface area (Å²) >= 11 is 0. The van der Waals surface area contributed by atoms with Crippen molar-refractivity contribution in [1.82, 2.24) is 15.6 Å². The van der Waals surface area contributed by atoms with Crippen LogP contribution in [0.1, 0.15) is 36.0 Å². The Morgan fingerprint density at radius 2 is 1.53 bits per heavy atom. The van der Waals surface area contributed by atoms with Crippen LogP contribution in [-0.2, 0) is 0 Å². The van der Waals surface area contributed by atoms with Crippen LogP contribution in [0.4, 0.5) is 0 Å². The summed E-state index contributed by atoms with van der Waals surface area (Å²) in [6, 6.07) is 15.9. The van der Waals surface area contributed by atoms with Crippen molar-refractivity contribution < 1.29 is 4.79 Å². The van der Waals surface area contributed by atoms with E-state index in [1.54, 1.807) is 0 Å². The molecule has 8 heteroatoms. The molecule has 5 nitrogen and oxygen atoms in total. The van der Waals surface area contributed by atoms with Crippen LogP contribution < -0.4 is 16.4 Å². The van der Waals surface area contributed by atoms with Gasteiger partial charge in [0.15, 0.2) is 0 Å². The lowest BCUT2D eigenvalue weighted by Gasteiger charge is -2.09. The molecule has 0 aliphatic carbocycles. The molecule has 166 valence electrons. The highest BCUT2D eigenvalue weighted by atomic mass is 35.5. The zero-order valence-corrected chi connectivity index (χ0v) is 19.4. The van der Waals surface area contributed by atoms with Gasteiger partial charge >= 0.3 is 0 Å². The summed E-state index contributed by atoms with van der Waals surface area (Å²) in [5.41, 5.74) is 7.76. The van der Waals surface area contributed by atoms with E-state index in [1.165, 1.54) is 0 Å². The van der Waals surface area contributed by atoms with Gasteiger partial charge in [0.2, 0.25) is 0 Å². The van der Waals surface area contributed by atoms with E-state index >= 15 is 0 Å². The SMILES string of the molecule is Cl.Cl.Cl.NCCNCCCCCCNC(=O)c1cccc2cc3ccccc3nc12. The number of aromatic nitrogens is 1. The van der Waals surface area contributed by atoms with Crippen molar-refractivity contribution in [3.05, 3.63) is 54.1 Å². The fourth-order valence-electron chi connectivity index (χ4n) is 3.24. The second kappa shape index (κ2) is 15.2. The molecule has 1 aromatic heterocycles. The Hall–Kier alpha value is -1.63. The van der Waals surface area contributed by atoms with Crippen LogP contribution in [0.25, 0.3) is 21.8 Å². The minimum atomic E-state index is -0.0482. The zero-order chi connectivity index (χ0) is 18.9. The van der Waals surface area contributed by atoms with Crippen molar-refractivity contribution in [3.63, 3.8) is 0 Å². The Labute approximate surface area is 196 Å². The number of carbonyl (C=O) groups is 1. The molecule has 1 amide bonds. The molecule has 30 heavy (non-hydrogen) atoms. The summed E-state index contributed by atoms with van der Waals surface area (Å²) in [5.74, 6) is -0.0482.